The molecule has 0 radical (unpaired) electrons. The first-order valence-corrected chi connectivity index (χ1v) is 3.41. The Balaban J connectivity index is 4.56. The smallest absolute Gasteiger partial charge is 0.0411 e. The van der Waals surface area contributed by atoms with E-state index in [0.29, 0.717) is 0 Å². The van der Waals surface area contributed by atoms with Crippen molar-refractivity contribution in [2.75, 3.05) is 7.05 Å². The summed E-state index contributed by atoms with van der Waals surface area (Å²) in [6.07, 6.45) is 1.49. The van der Waals surface area contributed by atoms with Gasteiger partial charge in [-0.3, -0.25) is 4.99 Å². The van der Waals surface area contributed by atoms with Gasteiger partial charge >= 0.3 is 0 Å². The molecule has 0 saturated carbocycles. The van der Waals surface area contributed by atoms with Crippen molar-refractivity contribution < 1.29 is 0 Å². The van der Waals surface area contributed by atoms with Gasteiger partial charge in [-0.1, -0.05) is 12.2 Å². The molecular weight excluding hydrogens is 144 g/mol. The second-order valence-corrected chi connectivity index (χ2v) is 2.56. The third-order valence-electron chi connectivity index (χ3n) is 1.27. The summed E-state index contributed by atoms with van der Waals surface area (Å²) in [5.41, 5.74) is 7.06. The molecule has 0 atom stereocenters. The first kappa shape index (κ1) is 9.30. The first-order chi connectivity index (χ1) is 4.63. The topological polar surface area (TPSA) is 38.4 Å². The van der Waals surface area contributed by atoms with E-state index in [9.17, 15) is 0 Å². The monoisotopic (exact) mass is 156 g/mol. The van der Waals surface area contributed by atoms with Gasteiger partial charge < -0.3 is 5.73 Å². The third-order valence-corrected chi connectivity index (χ3v) is 1.49. The molecule has 0 fully saturated rings. The van der Waals surface area contributed by atoms with Crippen molar-refractivity contribution in [2.24, 2.45) is 10.7 Å². The second-order valence-electron chi connectivity index (χ2n) is 1.95. The fraction of sp³-hybridized carbons (Fsp3) is 0.429. The minimum atomic E-state index is 0.783. The van der Waals surface area contributed by atoms with Crippen LogP contribution in [0.2, 0.25) is 0 Å². The highest BCUT2D eigenvalue weighted by Gasteiger charge is 2.00. The summed E-state index contributed by atoms with van der Waals surface area (Å²) in [6, 6.07) is 0. The molecule has 0 aliphatic carbocycles. The Morgan fingerprint density at radius 3 is 2.10 bits per heavy atom. The average Bonchev–Trinajstić information content (AvgIpc) is 1.88. The molecule has 2 nitrogen and oxygen atoms in total. The molecule has 0 rings (SSSR count). The summed E-state index contributed by atoms with van der Waals surface area (Å²) in [5, 5.41) is 0. The van der Waals surface area contributed by atoms with Crippen LogP contribution in [0.1, 0.15) is 13.8 Å². The van der Waals surface area contributed by atoms with Gasteiger partial charge in [0.05, 0.1) is 0 Å². The lowest BCUT2D eigenvalue weighted by Gasteiger charge is -2.01. The quantitative estimate of drug-likeness (QED) is 0.372. The van der Waals surface area contributed by atoms with Crippen LogP contribution in [0, 0.1) is 0 Å². The number of allylic oxidation sites excluding steroid dienone is 1. The highest BCUT2D eigenvalue weighted by molar-refractivity contribution is 7.80. The molecule has 2 N–H and O–H groups in total. The van der Waals surface area contributed by atoms with Crippen molar-refractivity contribution in [1.29, 1.82) is 0 Å². The molecule has 0 spiro atoms. The Morgan fingerprint density at radius 2 is 2.00 bits per heavy atom. The maximum absolute atomic E-state index is 5.32. The van der Waals surface area contributed by atoms with E-state index in [1.165, 1.54) is 6.20 Å². The van der Waals surface area contributed by atoms with Gasteiger partial charge in [0.2, 0.25) is 0 Å². The van der Waals surface area contributed by atoms with E-state index >= 15 is 0 Å². The number of aliphatic imine (C=N–C) groups is 1. The lowest BCUT2D eigenvalue weighted by atomic mass is 10.1. The molecule has 0 saturated heterocycles. The molecule has 0 bridgehead atoms. The molecule has 0 aliphatic rings. The van der Waals surface area contributed by atoms with Crippen LogP contribution in [-0.4, -0.2) is 17.6 Å². The Kier molecular flexibility index (Phi) is 3.88. The van der Waals surface area contributed by atoms with E-state index in [2.05, 4.69) is 4.99 Å². The van der Waals surface area contributed by atoms with E-state index in [1.54, 1.807) is 7.05 Å². The Morgan fingerprint density at radius 1 is 1.50 bits per heavy atom. The van der Waals surface area contributed by atoms with Crippen LogP contribution in [0.15, 0.2) is 16.8 Å². The molecule has 0 unspecified atom stereocenters. The van der Waals surface area contributed by atoms with Gasteiger partial charge in [0.15, 0.2) is 0 Å². The van der Waals surface area contributed by atoms with Crippen molar-refractivity contribution in [3.8, 4) is 0 Å². The Labute approximate surface area is 66.8 Å². The predicted molar refractivity (Wildman–Crippen MR) is 49.6 cm³/mol. The van der Waals surface area contributed by atoms with Crippen molar-refractivity contribution in [1.82, 2.24) is 0 Å². The molecule has 56 valence electrons. The van der Waals surface area contributed by atoms with Gasteiger partial charge in [-0.05, 0) is 13.8 Å². The van der Waals surface area contributed by atoms with Crippen molar-refractivity contribution in [2.45, 2.75) is 13.8 Å². The first-order valence-electron chi connectivity index (χ1n) is 3.00. The summed E-state index contributed by atoms with van der Waals surface area (Å²) in [5.74, 6) is 0. The van der Waals surface area contributed by atoms with Gasteiger partial charge in [0.25, 0.3) is 0 Å². The van der Waals surface area contributed by atoms with Crippen LogP contribution in [-0.2, 0) is 0 Å². The van der Waals surface area contributed by atoms with E-state index in [0.717, 1.165) is 16.1 Å². The number of hydrogen-bond acceptors (Lipinski definition) is 3. The molecule has 0 aromatic heterocycles. The number of hydrogen-bond donors (Lipinski definition) is 1. The van der Waals surface area contributed by atoms with Crippen LogP contribution in [0.25, 0.3) is 0 Å². The van der Waals surface area contributed by atoms with E-state index in [1.807, 2.05) is 13.8 Å². The van der Waals surface area contributed by atoms with Gasteiger partial charge in [-0.2, -0.15) is 0 Å². The van der Waals surface area contributed by atoms with Gasteiger partial charge in [-0.15, -0.1) is 0 Å². The zero-order chi connectivity index (χ0) is 8.15. The summed E-state index contributed by atoms with van der Waals surface area (Å²) in [6.45, 7) is 3.72. The minimum absolute atomic E-state index is 0.783. The van der Waals surface area contributed by atoms with E-state index in [-0.39, 0.29) is 0 Å². The SMILES string of the molecule is CN=C(C)/C(=C\N)C(C)=S. The van der Waals surface area contributed by atoms with Crippen molar-refractivity contribution in [3.63, 3.8) is 0 Å². The van der Waals surface area contributed by atoms with Crippen LogP contribution < -0.4 is 5.73 Å². The Bertz CT molecular complexity index is 192. The molecular formula is C7H12N2S. The van der Waals surface area contributed by atoms with Crippen LogP contribution in [0.3, 0.4) is 0 Å². The normalized spacial score (nSPS) is 13.5. The van der Waals surface area contributed by atoms with E-state index in [4.69, 9.17) is 18.0 Å². The fourth-order valence-corrected chi connectivity index (χ4v) is 0.829. The van der Waals surface area contributed by atoms with Crippen LogP contribution >= 0.6 is 12.2 Å². The maximum Gasteiger partial charge on any atom is 0.0411 e. The summed E-state index contributed by atoms with van der Waals surface area (Å²) in [4.78, 5) is 4.74. The largest absolute Gasteiger partial charge is 0.404 e. The molecule has 0 aromatic rings. The lowest BCUT2D eigenvalue weighted by molar-refractivity contribution is 1.41. The minimum Gasteiger partial charge on any atom is -0.404 e. The second kappa shape index (κ2) is 4.17. The highest BCUT2D eigenvalue weighted by Crippen LogP contribution is 1.99. The fourth-order valence-electron chi connectivity index (χ4n) is 0.613. The maximum atomic E-state index is 5.32. The van der Waals surface area contributed by atoms with Gasteiger partial charge in [0, 0.05) is 29.4 Å². The lowest BCUT2D eigenvalue weighted by Crippen LogP contribution is -2.07. The molecule has 3 heteroatoms. The molecule has 0 amide bonds. The zero-order valence-corrected chi connectivity index (χ0v) is 7.33. The number of rotatable bonds is 2. The molecule has 0 aliphatic heterocycles. The zero-order valence-electron chi connectivity index (χ0n) is 6.51. The highest BCUT2D eigenvalue weighted by atomic mass is 32.1. The predicted octanol–water partition coefficient (Wildman–Crippen LogP) is 1.31. The standard InChI is InChI=1S/C7H12N2S/c1-5(9-3)7(4-8)6(2)10/h4H,8H2,1-3H3/b7-4+,9-5?. The van der Waals surface area contributed by atoms with Crippen LogP contribution in [0.4, 0.5) is 0 Å². The van der Waals surface area contributed by atoms with E-state index < -0.39 is 0 Å². The summed E-state index contributed by atoms with van der Waals surface area (Å²) >= 11 is 4.93. The molecule has 0 aromatic carbocycles. The number of thiocarbonyl (C=S) groups is 1. The summed E-state index contributed by atoms with van der Waals surface area (Å²) < 4.78 is 0. The average molecular weight is 156 g/mol. The molecule has 0 heterocycles. The Hall–Kier alpha value is -0.700. The third kappa shape index (κ3) is 2.27. The summed E-state index contributed by atoms with van der Waals surface area (Å²) in [7, 11) is 1.72. The van der Waals surface area contributed by atoms with Gasteiger partial charge in [-0.25, -0.2) is 0 Å². The number of nitrogens with two attached hydrogens (primary N) is 1. The van der Waals surface area contributed by atoms with Crippen LogP contribution in [0.5, 0.6) is 0 Å². The molecule has 10 heavy (non-hydrogen) atoms. The van der Waals surface area contributed by atoms with Crippen molar-refractivity contribution in [3.05, 3.63) is 11.8 Å². The van der Waals surface area contributed by atoms with Crippen molar-refractivity contribution >= 4 is 22.8 Å². The number of nitrogens with zero attached hydrogens (tertiary/aromatic N) is 1. The van der Waals surface area contributed by atoms with Gasteiger partial charge in [0.1, 0.15) is 0 Å².